The fraction of sp³-hybridized carbons (Fsp3) is 0.611. The first-order valence-corrected chi connectivity index (χ1v) is 9.83. The van der Waals surface area contributed by atoms with E-state index in [0.717, 1.165) is 48.9 Å². The second-order valence-corrected chi connectivity index (χ2v) is 7.85. The number of non-ortho nitro benzene ring substituents is 1. The van der Waals surface area contributed by atoms with Crippen LogP contribution in [0.25, 0.3) is 0 Å². The summed E-state index contributed by atoms with van der Waals surface area (Å²) in [5.74, 6) is 0.435. The number of piperidine rings is 1. The van der Waals surface area contributed by atoms with Crippen molar-refractivity contribution in [2.24, 2.45) is 5.92 Å². The number of nitrogens with zero attached hydrogens (tertiary/aromatic N) is 2. The molecular weight excluding hydrogens is 386 g/mol. The highest BCUT2D eigenvalue weighted by molar-refractivity contribution is 9.10. The zero-order chi connectivity index (χ0) is 17.8. The molecule has 3 rings (SSSR count). The molecule has 0 radical (unpaired) electrons. The molecule has 0 bridgehead atoms. The van der Waals surface area contributed by atoms with Crippen LogP contribution in [0.4, 0.5) is 11.4 Å². The highest BCUT2D eigenvalue weighted by Gasteiger charge is 2.26. The lowest BCUT2D eigenvalue weighted by molar-refractivity contribution is -0.384. The lowest BCUT2D eigenvalue weighted by Gasteiger charge is -2.35. The van der Waals surface area contributed by atoms with Gasteiger partial charge in [0.1, 0.15) is 0 Å². The minimum absolute atomic E-state index is 0.0882. The van der Waals surface area contributed by atoms with E-state index in [4.69, 9.17) is 0 Å². The van der Waals surface area contributed by atoms with Crippen molar-refractivity contribution in [3.63, 3.8) is 0 Å². The van der Waals surface area contributed by atoms with Gasteiger partial charge in [0.25, 0.3) is 5.69 Å². The summed E-state index contributed by atoms with van der Waals surface area (Å²) in [6, 6.07) is 5.12. The largest absolute Gasteiger partial charge is 0.370 e. The Balaban J connectivity index is 1.53. The first kappa shape index (κ1) is 18.2. The molecule has 0 unspecified atom stereocenters. The number of nitro groups is 1. The molecule has 0 aromatic heterocycles. The normalized spacial score (nSPS) is 19.6. The summed E-state index contributed by atoms with van der Waals surface area (Å²) >= 11 is 3.44. The molecule has 1 aliphatic carbocycles. The van der Waals surface area contributed by atoms with Gasteiger partial charge in [0.2, 0.25) is 5.91 Å². The molecule has 0 spiro atoms. The van der Waals surface area contributed by atoms with E-state index in [1.165, 1.54) is 25.3 Å². The Bertz CT molecular complexity index is 638. The number of nitrogens with one attached hydrogen (secondary N) is 1. The number of hydrogen-bond donors (Lipinski definition) is 1. The second kappa shape index (κ2) is 8.17. The molecule has 1 aliphatic heterocycles. The van der Waals surface area contributed by atoms with Crippen LogP contribution in [-0.4, -0.2) is 30.0 Å². The van der Waals surface area contributed by atoms with Crippen molar-refractivity contribution < 1.29 is 9.72 Å². The van der Waals surface area contributed by atoms with Crippen molar-refractivity contribution in [3.8, 4) is 0 Å². The molecule has 136 valence electrons. The number of anilines is 1. The minimum atomic E-state index is -0.387. The number of amides is 1. The van der Waals surface area contributed by atoms with Gasteiger partial charge >= 0.3 is 0 Å². The van der Waals surface area contributed by atoms with E-state index in [0.29, 0.717) is 0 Å². The van der Waals surface area contributed by atoms with Crippen LogP contribution in [0.2, 0.25) is 0 Å². The summed E-state index contributed by atoms with van der Waals surface area (Å²) in [6.07, 6.45) is 7.46. The van der Waals surface area contributed by atoms with E-state index in [9.17, 15) is 14.9 Å². The zero-order valence-electron chi connectivity index (χ0n) is 14.2. The maximum Gasteiger partial charge on any atom is 0.270 e. The van der Waals surface area contributed by atoms with Crippen LogP contribution in [0, 0.1) is 16.0 Å². The maximum atomic E-state index is 12.4. The predicted octanol–water partition coefficient (Wildman–Crippen LogP) is 4.02. The maximum absolute atomic E-state index is 12.4. The SMILES string of the molecule is O=C(NC1CCN(c2ccc([N+](=O)[O-])cc2Br)CC1)C1CCCCC1. The molecule has 2 aliphatic rings. The Hall–Kier alpha value is -1.63. The van der Waals surface area contributed by atoms with Crippen LogP contribution in [0.1, 0.15) is 44.9 Å². The summed E-state index contributed by atoms with van der Waals surface area (Å²) in [4.78, 5) is 25.1. The number of rotatable bonds is 4. The van der Waals surface area contributed by atoms with Gasteiger partial charge in [-0.15, -0.1) is 0 Å². The van der Waals surface area contributed by atoms with E-state index in [-0.39, 0.29) is 28.5 Å². The van der Waals surface area contributed by atoms with Crippen LogP contribution in [0.3, 0.4) is 0 Å². The number of hydrogen-bond acceptors (Lipinski definition) is 4. The van der Waals surface area contributed by atoms with Crippen molar-refractivity contribution in [1.29, 1.82) is 0 Å². The molecule has 1 aromatic rings. The van der Waals surface area contributed by atoms with Gasteiger partial charge in [-0.3, -0.25) is 14.9 Å². The number of nitro benzene ring substituents is 1. The molecule has 1 N–H and O–H groups in total. The van der Waals surface area contributed by atoms with E-state index >= 15 is 0 Å². The molecule has 1 amide bonds. The molecule has 1 aromatic carbocycles. The average molecular weight is 410 g/mol. The first-order valence-electron chi connectivity index (χ1n) is 9.04. The molecule has 25 heavy (non-hydrogen) atoms. The molecule has 1 saturated carbocycles. The van der Waals surface area contributed by atoms with Crippen molar-refractivity contribution in [2.75, 3.05) is 18.0 Å². The molecule has 7 heteroatoms. The third-order valence-electron chi connectivity index (χ3n) is 5.30. The van der Waals surface area contributed by atoms with Crippen molar-refractivity contribution >= 4 is 33.2 Å². The van der Waals surface area contributed by atoms with Crippen LogP contribution in [0.15, 0.2) is 22.7 Å². The van der Waals surface area contributed by atoms with Crippen LogP contribution in [0.5, 0.6) is 0 Å². The molecule has 1 saturated heterocycles. The van der Waals surface area contributed by atoms with Crippen LogP contribution in [-0.2, 0) is 4.79 Å². The van der Waals surface area contributed by atoms with Gasteiger partial charge in [0.15, 0.2) is 0 Å². The Kier molecular flexibility index (Phi) is 5.93. The zero-order valence-corrected chi connectivity index (χ0v) is 15.8. The van der Waals surface area contributed by atoms with Gasteiger partial charge in [-0.05, 0) is 47.7 Å². The smallest absolute Gasteiger partial charge is 0.270 e. The summed E-state index contributed by atoms with van der Waals surface area (Å²) < 4.78 is 0.742. The van der Waals surface area contributed by atoms with Gasteiger partial charge in [0, 0.05) is 41.7 Å². The fourth-order valence-corrected chi connectivity index (χ4v) is 4.43. The molecule has 1 heterocycles. The minimum Gasteiger partial charge on any atom is -0.370 e. The predicted molar refractivity (Wildman–Crippen MR) is 101 cm³/mol. The number of benzene rings is 1. The lowest BCUT2D eigenvalue weighted by atomic mass is 9.88. The van der Waals surface area contributed by atoms with Gasteiger partial charge in [-0.2, -0.15) is 0 Å². The Morgan fingerprint density at radius 3 is 2.44 bits per heavy atom. The highest BCUT2D eigenvalue weighted by atomic mass is 79.9. The molecular formula is C18H24BrN3O3. The van der Waals surface area contributed by atoms with E-state index < -0.39 is 0 Å². The van der Waals surface area contributed by atoms with E-state index in [1.54, 1.807) is 12.1 Å². The standard InChI is InChI=1S/C18H24BrN3O3/c19-16-12-15(22(24)25)6-7-17(16)21-10-8-14(9-11-21)20-18(23)13-4-2-1-3-5-13/h6-7,12-14H,1-5,8-11H2,(H,20,23). The van der Waals surface area contributed by atoms with Gasteiger partial charge in [-0.25, -0.2) is 0 Å². The van der Waals surface area contributed by atoms with Crippen molar-refractivity contribution in [3.05, 3.63) is 32.8 Å². The Morgan fingerprint density at radius 2 is 1.84 bits per heavy atom. The number of carbonyl (C=O) groups excluding carboxylic acids is 1. The van der Waals surface area contributed by atoms with Gasteiger partial charge in [0.05, 0.1) is 10.6 Å². The summed E-state index contributed by atoms with van der Waals surface area (Å²) in [5.41, 5.74) is 1.06. The molecule has 0 atom stereocenters. The average Bonchev–Trinajstić information content (AvgIpc) is 2.63. The van der Waals surface area contributed by atoms with E-state index in [1.807, 2.05) is 0 Å². The molecule has 2 fully saturated rings. The first-order chi connectivity index (χ1) is 12.0. The quantitative estimate of drug-likeness (QED) is 0.601. The topological polar surface area (TPSA) is 75.5 Å². The number of halogens is 1. The van der Waals surface area contributed by atoms with E-state index in [2.05, 4.69) is 26.1 Å². The number of carbonyl (C=O) groups is 1. The van der Waals surface area contributed by atoms with Crippen LogP contribution >= 0.6 is 15.9 Å². The van der Waals surface area contributed by atoms with Crippen molar-refractivity contribution in [2.45, 2.75) is 51.0 Å². The summed E-state index contributed by atoms with van der Waals surface area (Å²) in [6.45, 7) is 1.68. The van der Waals surface area contributed by atoms with Gasteiger partial charge < -0.3 is 10.2 Å². The fourth-order valence-electron chi connectivity index (χ4n) is 3.81. The molecule has 6 nitrogen and oxygen atoms in total. The highest BCUT2D eigenvalue weighted by Crippen LogP contribution is 2.32. The summed E-state index contributed by atoms with van der Waals surface area (Å²) in [7, 11) is 0. The Morgan fingerprint density at radius 1 is 1.16 bits per heavy atom. The van der Waals surface area contributed by atoms with Crippen molar-refractivity contribution in [1.82, 2.24) is 5.32 Å². The van der Waals surface area contributed by atoms with Crippen LogP contribution < -0.4 is 10.2 Å². The summed E-state index contributed by atoms with van der Waals surface area (Å²) in [5, 5.41) is 14.1. The lowest BCUT2D eigenvalue weighted by Crippen LogP contribution is -2.46. The second-order valence-electron chi connectivity index (χ2n) is 7.00. The third kappa shape index (κ3) is 4.51. The Labute approximate surface area is 156 Å². The van der Waals surface area contributed by atoms with Gasteiger partial charge in [-0.1, -0.05) is 19.3 Å². The monoisotopic (exact) mass is 409 g/mol. The third-order valence-corrected chi connectivity index (χ3v) is 5.94.